The predicted molar refractivity (Wildman–Crippen MR) is 59.9 cm³/mol. The van der Waals surface area contributed by atoms with Crippen LogP contribution in [0.15, 0.2) is 30.3 Å². The molecule has 1 aliphatic carbocycles. The summed E-state index contributed by atoms with van der Waals surface area (Å²) >= 11 is 0. The van der Waals surface area contributed by atoms with Gasteiger partial charge < -0.3 is 9.47 Å². The van der Waals surface area contributed by atoms with Gasteiger partial charge >= 0.3 is 5.97 Å². The summed E-state index contributed by atoms with van der Waals surface area (Å²) in [5.74, 6) is 0.308. The topological polar surface area (TPSA) is 35.5 Å². The van der Waals surface area contributed by atoms with Crippen LogP contribution in [0.2, 0.25) is 0 Å². The van der Waals surface area contributed by atoms with E-state index in [4.69, 9.17) is 9.47 Å². The number of ether oxygens (including phenoxy) is 2. The van der Waals surface area contributed by atoms with Gasteiger partial charge in [-0.05, 0) is 24.3 Å². The molecule has 0 aromatic heterocycles. The van der Waals surface area contributed by atoms with Crippen molar-refractivity contribution in [1.29, 1.82) is 0 Å². The molecule has 0 radical (unpaired) electrons. The molecule has 0 saturated heterocycles. The molecule has 0 amide bonds. The van der Waals surface area contributed by atoms with E-state index in [0.29, 0.717) is 12.5 Å². The molecule has 1 atom stereocenters. The smallest absolute Gasteiger partial charge is 0.339 e. The number of rotatable bonds is 5. The van der Waals surface area contributed by atoms with Crippen LogP contribution in [-0.2, 0) is 14.3 Å². The number of carbonyl (C=O) groups is 1. The number of carbonyl (C=O) groups excluding carboxylic acids is 1. The SMILES string of the molecule is COC(=O)[C@H](OCC1CC1)c1ccccc1. The standard InChI is InChI=1S/C13H16O3/c1-15-13(14)12(16-9-10-7-8-10)11-5-3-2-4-6-11/h2-6,10,12H,7-9H2,1H3/t12-/m1/s1. The molecule has 3 nitrogen and oxygen atoms in total. The molecule has 1 aromatic carbocycles. The van der Waals surface area contributed by atoms with Gasteiger partial charge in [0.1, 0.15) is 0 Å². The highest BCUT2D eigenvalue weighted by molar-refractivity contribution is 5.76. The van der Waals surface area contributed by atoms with Crippen molar-refractivity contribution in [2.75, 3.05) is 13.7 Å². The van der Waals surface area contributed by atoms with Crippen LogP contribution in [0.3, 0.4) is 0 Å². The van der Waals surface area contributed by atoms with E-state index in [1.54, 1.807) is 0 Å². The Labute approximate surface area is 95.4 Å². The van der Waals surface area contributed by atoms with E-state index in [2.05, 4.69) is 0 Å². The summed E-state index contributed by atoms with van der Waals surface area (Å²) < 4.78 is 10.4. The minimum absolute atomic E-state index is 0.327. The van der Waals surface area contributed by atoms with Crippen LogP contribution in [0.1, 0.15) is 24.5 Å². The molecule has 0 bridgehead atoms. The Morgan fingerprint density at radius 3 is 2.62 bits per heavy atom. The van der Waals surface area contributed by atoms with Crippen molar-refractivity contribution in [2.24, 2.45) is 5.92 Å². The first-order valence-corrected chi connectivity index (χ1v) is 5.55. The Bertz CT molecular complexity index is 343. The Balaban J connectivity index is 2.03. The summed E-state index contributed by atoms with van der Waals surface area (Å²) in [6, 6.07) is 9.47. The minimum atomic E-state index is -0.577. The van der Waals surface area contributed by atoms with Crippen LogP contribution >= 0.6 is 0 Å². The summed E-state index contributed by atoms with van der Waals surface area (Å²) in [5.41, 5.74) is 0.856. The molecule has 3 heteroatoms. The monoisotopic (exact) mass is 220 g/mol. The third-order valence-corrected chi connectivity index (χ3v) is 2.71. The molecule has 1 fully saturated rings. The van der Waals surface area contributed by atoms with E-state index >= 15 is 0 Å². The second-order valence-electron chi connectivity index (χ2n) is 4.09. The lowest BCUT2D eigenvalue weighted by atomic mass is 10.1. The minimum Gasteiger partial charge on any atom is -0.467 e. The van der Waals surface area contributed by atoms with Gasteiger partial charge in [0.2, 0.25) is 0 Å². The maximum absolute atomic E-state index is 11.6. The maximum atomic E-state index is 11.6. The second kappa shape index (κ2) is 5.12. The first-order valence-electron chi connectivity index (χ1n) is 5.55. The molecule has 0 N–H and O–H groups in total. The van der Waals surface area contributed by atoms with Gasteiger partial charge in [-0.1, -0.05) is 30.3 Å². The van der Waals surface area contributed by atoms with E-state index in [1.807, 2.05) is 30.3 Å². The highest BCUT2D eigenvalue weighted by Crippen LogP contribution is 2.31. The van der Waals surface area contributed by atoms with Crippen molar-refractivity contribution in [3.8, 4) is 0 Å². The van der Waals surface area contributed by atoms with Gasteiger partial charge in [-0.2, -0.15) is 0 Å². The molecule has 16 heavy (non-hydrogen) atoms. The summed E-state index contributed by atoms with van der Waals surface area (Å²) in [5, 5.41) is 0. The molecule has 2 rings (SSSR count). The fourth-order valence-corrected chi connectivity index (χ4v) is 1.55. The number of esters is 1. The molecule has 0 aliphatic heterocycles. The van der Waals surface area contributed by atoms with Crippen molar-refractivity contribution >= 4 is 5.97 Å². The van der Waals surface area contributed by atoms with E-state index < -0.39 is 6.10 Å². The number of methoxy groups -OCH3 is 1. The van der Waals surface area contributed by atoms with Gasteiger partial charge in [0.25, 0.3) is 0 Å². The zero-order valence-corrected chi connectivity index (χ0v) is 9.39. The lowest BCUT2D eigenvalue weighted by molar-refractivity contribution is -0.155. The van der Waals surface area contributed by atoms with Gasteiger partial charge in [-0.15, -0.1) is 0 Å². The molecule has 0 heterocycles. The van der Waals surface area contributed by atoms with E-state index in [1.165, 1.54) is 20.0 Å². The van der Waals surface area contributed by atoms with Crippen molar-refractivity contribution in [3.05, 3.63) is 35.9 Å². The summed E-state index contributed by atoms with van der Waals surface area (Å²) in [7, 11) is 1.39. The fourth-order valence-electron chi connectivity index (χ4n) is 1.55. The van der Waals surface area contributed by atoms with Gasteiger partial charge in [0, 0.05) is 0 Å². The van der Waals surface area contributed by atoms with E-state index in [-0.39, 0.29) is 5.97 Å². The summed E-state index contributed by atoms with van der Waals surface area (Å²) in [6.07, 6.45) is 1.84. The van der Waals surface area contributed by atoms with Crippen molar-refractivity contribution in [1.82, 2.24) is 0 Å². The first kappa shape index (κ1) is 11.1. The Morgan fingerprint density at radius 1 is 1.38 bits per heavy atom. The molecule has 1 aliphatic rings. The van der Waals surface area contributed by atoms with Crippen LogP contribution in [0.5, 0.6) is 0 Å². The summed E-state index contributed by atoms with van der Waals surface area (Å²) in [6.45, 7) is 0.647. The van der Waals surface area contributed by atoms with Gasteiger partial charge in [0.15, 0.2) is 6.10 Å². The van der Waals surface area contributed by atoms with Gasteiger partial charge in [-0.25, -0.2) is 4.79 Å². The highest BCUT2D eigenvalue weighted by atomic mass is 16.6. The number of hydrogen-bond donors (Lipinski definition) is 0. The van der Waals surface area contributed by atoms with Crippen LogP contribution in [0.25, 0.3) is 0 Å². The average Bonchev–Trinajstić information content (AvgIpc) is 3.14. The van der Waals surface area contributed by atoms with Crippen molar-refractivity contribution in [2.45, 2.75) is 18.9 Å². The molecular formula is C13H16O3. The van der Waals surface area contributed by atoms with Crippen LogP contribution in [0.4, 0.5) is 0 Å². The zero-order valence-electron chi connectivity index (χ0n) is 9.39. The maximum Gasteiger partial charge on any atom is 0.339 e. The lowest BCUT2D eigenvalue weighted by Gasteiger charge is -2.15. The fraction of sp³-hybridized carbons (Fsp3) is 0.462. The lowest BCUT2D eigenvalue weighted by Crippen LogP contribution is -2.18. The number of benzene rings is 1. The quantitative estimate of drug-likeness (QED) is 0.714. The summed E-state index contributed by atoms with van der Waals surface area (Å²) in [4.78, 5) is 11.6. The normalized spacial score (nSPS) is 16.8. The molecule has 1 aromatic rings. The first-order chi connectivity index (χ1) is 7.81. The van der Waals surface area contributed by atoms with Crippen LogP contribution in [-0.4, -0.2) is 19.7 Å². The second-order valence-corrected chi connectivity index (χ2v) is 4.09. The third-order valence-electron chi connectivity index (χ3n) is 2.71. The van der Waals surface area contributed by atoms with E-state index in [0.717, 1.165) is 5.56 Å². The van der Waals surface area contributed by atoms with Crippen LogP contribution in [0, 0.1) is 5.92 Å². The Kier molecular flexibility index (Phi) is 3.57. The van der Waals surface area contributed by atoms with Crippen LogP contribution < -0.4 is 0 Å². The zero-order chi connectivity index (χ0) is 11.4. The Hall–Kier alpha value is -1.35. The van der Waals surface area contributed by atoms with Crippen molar-refractivity contribution < 1.29 is 14.3 Å². The molecule has 86 valence electrons. The highest BCUT2D eigenvalue weighted by Gasteiger charge is 2.27. The largest absolute Gasteiger partial charge is 0.467 e. The molecule has 0 unspecified atom stereocenters. The molecular weight excluding hydrogens is 204 g/mol. The molecule has 1 saturated carbocycles. The van der Waals surface area contributed by atoms with Crippen molar-refractivity contribution in [3.63, 3.8) is 0 Å². The van der Waals surface area contributed by atoms with Gasteiger partial charge in [0.05, 0.1) is 13.7 Å². The number of hydrogen-bond acceptors (Lipinski definition) is 3. The third kappa shape index (κ3) is 2.83. The Morgan fingerprint density at radius 2 is 2.06 bits per heavy atom. The predicted octanol–water partition coefficient (Wildman–Crippen LogP) is 2.33. The average molecular weight is 220 g/mol. The van der Waals surface area contributed by atoms with Gasteiger partial charge in [-0.3, -0.25) is 0 Å². The molecule has 0 spiro atoms. The van der Waals surface area contributed by atoms with E-state index in [9.17, 15) is 4.79 Å².